The molecule has 3 aromatic rings. The zero-order valence-electron chi connectivity index (χ0n) is 16.5. The maximum Gasteiger partial charge on any atom is 0.264 e. The molecule has 1 amide bonds. The summed E-state index contributed by atoms with van der Waals surface area (Å²) in [5.74, 6) is 0.355. The maximum absolute atomic E-state index is 13.3. The Labute approximate surface area is 184 Å². The molecular weight excluding hydrogens is 442 g/mol. The van der Waals surface area contributed by atoms with Crippen molar-refractivity contribution in [3.8, 4) is 5.75 Å². The number of imidazole rings is 1. The van der Waals surface area contributed by atoms with Gasteiger partial charge in [-0.1, -0.05) is 11.6 Å². The molecule has 9 nitrogen and oxygen atoms in total. The lowest BCUT2D eigenvalue weighted by atomic mass is 10.3. The number of H-pyrrole nitrogens is 1. The summed E-state index contributed by atoms with van der Waals surface area (Å²) in [5, 5.41) is 4.22. The summed E-state index contributed by atoms with van der Waals surface area (Å²) in [6.07, 6.45) is 4.45. The number of hydrazone groups is 1. The van der Waals surface area contributed by atoms with E-state index < -0.39 is 22.5 Å². The molecule has 0 aliphatic carbocycles. The quantitative estimate of drug-likeness (QED) is 0.375. The SMILES string of the molecule is CCOc1ccc(S(=O)(=O)N(CC(=O)N/N=C/c2ncc[nH]2)c2ccc(Cl)cc2)cc1. The van der Waals surface area contributed by atoms with Crippen molar-refractivity contribution in [2.75, 3.05) is 17.5 Å². The molecule has 162 valence electrons. The molecule has 0 atom stereocenters. The number of carbonyl (C=O) groups is 1. The van der Waals surface area contributed by atoms with Gasteiger partial charge in [-0.2, -0.15) is 5.10 Å². The van der Waals surface area contributed by atoms with Gasteiger partial charge in [0, 0.05) is 17.4 Å². The van der Waals surface area contributed by atoms with E-state index in [1.165, 1.54) is 36.7 Å². The van der Waals surface area contributed by atoms with Crippen LogP contribution in [0, 0.1) is 0 Å². The van der Waals surface area contributed by atoms with Gasteiger partial charge in [0.1, 0.15) is 18.1 Å². The van der Waals surface area contributed by atoms with Crippen molar-refractivity contribution in [1.82, 2.24) is 15.4 Å². The number of rotatable bonds is 9. The second-order valence-electron chi connectivity index (χ2n) is 6.16. The Morgan fingerprint density at radius 2 is 1.94 bits per heavy atom. The van der Waals surface area contributed by atoms with Crippen LogP contribution in [0.25, 0.3) is 0 Å². The number of amides is 1. The Hall–Kier alpha value is -3.37. The minimum Gasteiger partial charge on any atom is -0.494 e. The predicted octanol–water partition coefficient (Wildman–Crippen LogP) is 2.81. The number of nitrogens with one attached hydrogen (secondary N) is 2. The fraction of sp³-hybridized carbons (Fsp3) is 0.150. The highest BCUT2D eigenvalue weighted by atomic mass is 35.5. The van der Waals surface area contributed by atoms with Crippen LogP contribution in [0.5, 0.6) is 5.75 Å². The highest BCUT2D eigenvalue weighted by molar-refractivity contribution is 7.92. The summed E-state index contributed by atoms with van der Waals surface area (Å²) in [4.78, 5) is 19.2. The molecule has 2 aromatic carbocycles. The van der Waals surface area contributed by atoms with Crippen molar-refractivity contribution in [3.05, 3.63) is 71.8 Å². The van der Waals surface area contributed by atoms with Gasteiger partial charge in [0.05, 0.1) is 23.4 Å². The molecule has 0 aliphatic heterocycles. The molecule has 0 unspecified atom stereocenters. The predicted molar refractivity (Wildman–Crippen MR) is 118 cm³/mol. The maximum atomic E-state index is 13.3. The molecule has 1 aromatic heterocycles. The average Bonchev–Trinajstić information content (AvgIpc) is 3.27. The van der Waals surface area contributed by atoms with E-state index in [4.69, 9.17) is 16.3 Å². The molecule has 11 heteroatoms. The van der Waals surface area contributed by atoms with E-state index in [2.05, 4.69) is 20.5 Å². The number of benzene rings is 2. The topological polar surface area (TPSA) is 117 Å². The van der Waals surface area contributed by atoms with Crippen LogP contribution in [0.3, 0.4) is 0 Å². The van der Waals surface area contributed by atoms with E-state index in [0.717, 1.165) is 4.31 Å². The first-order valence-corrected chi connectivity index (χ1v) is 11.0. The molecule has 0 bridgehead atoms. The average molecular weight is 462 g/mol. The molecule has 1 heterocycles. The Bertz CT molecular complexity index is 1130. The molecule has 0 fully saturated rings. The van der Waals surface area contributed by atoms with Gasteiger partial charge in [-0.3, -0.25) is 9.10 Å². The van der Waals surface area contributed by atoms with Crippen molar-refractivity contribution in [2.24, 2.45) is 5.10 Å². The largest absolute Gasteiger partial charge is 0.494 e. The van der Waals surface area contributed by atoms with E-state index in [1.807, 2.05) is 6.92 Å². The molecule has 31 heavy (non-hydrogen) atoms. The number of hydrogen-bond acceptors (Lipinski definition) is 6. The lowest BCUT2D eigenvalue weighted by molar-refractivity contribution is -0.119. The summed E-state index contributed by atoms with van der Waals surface area (Å²) in [7, 11) is -4.06. The number of aromatic amines is 1. The molecule has 0 aliphatic rings. The summed E-state index contributed by atoms with van der Waals surface area (Å²) < 4.78 is 32.9. The standard InChI is InChI=1S/C20H20ClN5O4S/c1-2-30-17-7-9-18(10-8-17)31(28,29)26(16-5-3-15(21)4-6-16)14-20(27)25-24-13-19-22-11-12-23-19/h3-13H,2,14H2,1H3,(H,22,23)(H,25,27)/b24-13+. The molecule has 0 radical (unpaired) electrons. The Balaban J connectivity index is 1.85. The minimum atomic E-state index is -4.06. The van der Waals surface area contributed by atoms with Crippen molar-refractivity contribution in [1.29, 1.82) is 0 Å². The summed E-state index contributed by atoms with van der Waals surface area (Å²) >= 11 is 5.93. The monoisotopic (exact) mass is 461 g/mol. The van der Waals surface area contributed by atoms with E-state index in [9.17, 15) is 13.2 Å². The van der Waals surface area contributed by atoms with Gasteiger partial charge in [-0.25, -0.2) is 18.8 Å². The molecule has 0 saturated carbocycles. The smallest absolute Gasteiger partial charge is 0.264 e. The highest BCUT2D eigenvalue weighted by Crippen LogP contribution is 2.26. The van der Waals surface area contributed by atoms with E-state index in [0.29, 0.717) is 23.2 Å². The minimum absolute atomic E-state index is 0.0118. The summed E-state index contributed by atoms with van der Waals surface area (Å²) in [6, 6.07) is 12.1. The normalized spacial score (nSPS) is 11.4. The van der Waals surface area contributed by atoms with Gasteiger partial charge in [0.2, 0.25) is 0 Å². The van der Waals surface area contributed by atoms with Crippen molar-refractivity contribution in [3.63, 3.8) is 0 Å². The molecule has 2 N–H and O–H groups in total. The summed E-state index contributed by atoms with van der Waals surface area (Å²) in [5.41, 5.74) is 2.58. The Morgan fingerprint density at radius 1 is 1.23 bits per heavy atom. The van der Waals surface area contributed by atoms with Crippen molar-refractivity contribution < 1.29 is 17.9 Å². The van der Waals surface area contributed by atoms with Crippen LogP contribution in [0.2, 0.25) is 5.02 Å². The molecular formula is C20H20ClN5O4S. The number of carbonyl (C=O) groups excluding carboxylic acids is 1. The van der Waals surface area contributed by atoms with Crippen LogP contribution >= 0.6 is 11.6 Å². The third-order valence-corrected chi connectivity index (χ3v) is 6.06. The van der Waals surface area contributed by atoms with Gasteiger partial charge < -0.3 is 9.72 Å². The number of nitrogens with zero attached hydrogens (tertiary/aromatic N) is 3. The third kappa shape index (κ3) is 5.83. The van der Waals surface area contributed by atoms with E-state index in [1.54, 1.807) is 30.5 Å². The summed E-state index contributed by atoms with van der Waals surface area (Å²) in [6.45, 7) is 1.80. The van der Waals surface area contributed by atoms with Crippen LogP contribution in [0.15, 0.2) is 70.9 Å². The highest BCUT2D eigenvalue weighted by Gasteiger charge is 2.27. The van der Waals surface area contributed by atoms with Crippen molar-refractivity contribution in [2.45, 2.75) is 11.8 Å². The van der Waals surface area contributed by atoms with Crippen LogP contribution in [-0.2, 0) is 14.8 Å². The Morgan fingerprint density at radius 3 is 2.55 bits per heavy atom. The number of aromatic nitrogens is 2. The third-order valence-electron chi connectivity index (χ3n) is 4.02. The fourth-order valence-corrected chi connectivity index (χ4v) is 4.15. The number of halogens is 1. The fourth-order valence-electron chi connectivity index (χ4n) is 2.60. The van der Waals surface area contributed by atoms with Crippen LogP contribution < -0.4 is 14.5 Å². The molecule has 0 saturated heterocycles. The molecule has 0 spiro atoms. The molecule has 3 rings (SSSR count). The lowest BCUT2D eigenvalue weighted by Crippen LogP contribution is -2.39. The Kier molecular flexibility index (Phi) is 7.27. The van der Waals surface area contributed by atoms with Gasteiger partial charge in [0.25, 0.3) is 15.9 Å². The second kappa shape index (κ2) is 10.1. The number of hydrogen-bond donors (Lipinski definition) is 2. The first kappa shape index (κ1) is 22.3. The first-order valence-electron chi connectivity index (χ1n) is 9.22. The zero-order valence-corrected chi connectivity index (χ0v) is 18.1. The van der Waals surface area contributed by atoms with Gasteiger partial charge >= 0.3 is 0 Å². The van der Waals surface area contributed by atoms with Crippen LogP contribution in [0.4, 0.5) is 5.69 Å². The number of anilines is 1. The number of sulfonamides is 1. The zero-order chi connectivity index (χ0) is 22.3. The lowest BCUT2D eigenvalue weighted by Gasteiger charge is -2.23. The second-order valence-corrected chi connectivity index (χ2v) is 8.46. The first-order chi connectivity index (χ1) is 14.9. The van der Waals surface area contributed by atoms with E-state index in [-0.39, 0.29) is 10.6 Å². The van der Waals surface area contributed by atoms with Crippen LogP contribution in [-0.4, -0.2) is 43.7 Å². The van der Waals surface area contributed by atoms with Gasteiger partial charge in [0.15, 0.2) is 0 Å². The van der Waals surface area contributed by atoms with Gasteiger partial charge in [-0.05, 0) is 55.5 Å². The van der Waals surface area contributed by atoms with E-state index >= 15 is 0 Å². The number of ether oxygens (including phenoxy) is 1. The van der Waals surface area contributed by atoms with Gasteiger partial charge in [-0.15, -0.1) is 0 Å². The van der Waals surface area contributed by atoms with Crippen LogP contribution in [0.1, 0.15) is 12.7 Å². The van der Waals surface area contributed by atoms with Crippen molar-refractivity contribution >= 4 is 39.4 Å².